The van der Waals surface area contributed by atoms with E-state index in [2.05, 4.69) is 37.6 Å². The van der Waals surface area contributed by atoms with Crippen LogP contribution in [-0.4, -0.2) is 34.6 Å². The highest BCUT2D eigenvalue weighted by molar-refractivity contribution is 7.11. The monoisotopic (exact) mass is 256 g/mol. The molecule has 17 heavy (non-hydrogen) atoms. The number of aliphatic hydroxyl groups excluding tert-OH is 1. The number of hydrogen-bond donors (Lipinski definition) is 1. The van der Waals surface area contributed by atoms with Crippen LogP contribution in [0.5, 0.6) is 0 Å². The normalized spacial score (nSPS) is 11.7. The van der Waals surface area contributed by atoms with E-state index >= 15 is 0 Å². The van der Waals surface area contributed by atoms with Gasteiger partial charge in [0.05, 0.1) is 22.2 Å². The molecule has 0 radical (unpaired) electrons. The van der Waals surface area contributed by atoms with Crippen LogP contribution in [0, 0.1) is 0 Å². The molecule has 0 aliphatic carbocycles. The fourth-order valence-corrected chi connectivity index (χ4v) is 2.95. The quantitative estimate of drug-likeness (QED) is 0.815. The van der Waals surface area contributed by atoms with Crippen molar-refractivity contribution in [3.05, 3.63) is 15.6 Å². The van der Waals surface area contributed by atoms with Gasteiger partial charge in [-0.2, -0.15) is 0 Å². The molecular formula is C13H24N2OS. The fourth-order valence-electron chi connectivity index (χ4n) is 1.88. The Morgan fingerprint density at radius 2 is 1.94 bits per heavy atom. The number of thiazole rings is 1. The fraction of sp³-hybridized carbons (Fsp3) is 0.769. The van der Waals surface area contributed by atoms with E-state index < -0.39 is 0 Å². The van der Waals surface area contributed by atoms with Crippen LogP contribution < -0.4 is 0 Å². The summed E-state index contributed by atoms with van der Waals surface area (Å²) in [6.07, 6.45) is 0.992. The zero-order valence-corrected chi connectivity index (χ0v) is 12.2. The summed E-state index contributed by atoms with van der Waals surface area (Å²) in [5.41, 5.74) is 1.08. The summed E-state index contributed by atoms with van der Waals surface area (Å²) >= 11 is 1.66. The first-order valence-electron chi connectivity index (χ1n) is 6.44. The maximum absolute atomic E-state index is 9.31. The average molecular weight is 256 g/mol. The van der Waals surface area contributed by atoms with Crippen molar-refractivity contribution in [2.45, 2.75) is 46.6 Å². The van der Waals surface area contributed by atoms with E-state index in [-0.39, 0.29) is 6.61 Å². The number of aromatic nitrogens is 1. The third-order valence-corrected chi connectivity index (χ3v) is 4.11. The molecule has 0 fully saturated rings. The Kier molecular flexibility index (Phi) is 6.09. The van der Waals surface area contributed by atoms with E-state index in [0.29, 0.717) is 5.92 Å². The number of hydrogen-bond acceptors (Lipinski definition) is 4. The van der Waals surface area contributed by atoms with Gasteiger partial charge in [0.15, 0.2) is 0 Å². The van der Waals surface area contributed by atoms with Gasteiger partial charge >= 0.3 is 0 Å². The zero-order valence-electron chi connectivity index (χ0n) is 11.4. The predicted octanol–water partition coefficient (Wildman–Crippen LogP) is 2.64. The Labute approximate surface area is 108 Å². The van der Waals surface area contributed by atoms with E-state index in [1.807, 2.05) is 0 Å². The molecule has 0 amide bonds. The molecule has 98 valence electrons. The van der Waals surface area contributed by atoms with Crippen LogP contribution in [0.1, 0.15) is 49.2 Å². The number of likely N-dealkylation sites (N-methyl/N-ethyl adjacent to an activating group) is 1. The summed E-state index contributed by atoms with van der Waals surface area (Å²) in [4.78, 5) is 8.09. The molecule has 4 heteroatoms. The summed E-state index contributed by atoms with van der Waals surface area (Å²) in [5.74, 6) is 0.399. The van der Waals surface area contributed by atoms with E-state index in [1.54, 1.807) is 11.3 Å². The van der Waals surface area contributed by atoms with Crippen molar-refractivity contribution in [1.29, 1.82) is 0 Å². The van der Waals surface area contributed by atoms with E-state index in [0.717, 1.165) is 41.6 Å². The maximum atomic E-state index is 9.31. The maximum Gasteiger partial charge on any atom is 0.0944 e. The molecule has 1 heterocycles. The van der Waals surface area contributed by atoms with Gasteiger partial charge in [-0.15, -0.1) is 11.3 Å². The molecule has 0 atom stereocenters. The average Bonchev–Trinajstić information content (AvgIpc) is 2.74. The molecule has 0 unspecified atom stereocenters. The molecule has 0 aliphatic rings. The molecule has 3 nitrogen and oxygen atoms in total. The van der Waals surface area contributed by atoms with Gasteiger partial charge in [0.2, 0.25) is 0 Å². The zero-order chi connectivity index (χ0) is 12.8. The largest absolute Gasteiger partial charge is 0.391 e. The second-order valence-electron chi connectivity index (χ2n) is 4.51. The molecule has 0 saturated heterocycles. The number of nitrogens with zero attached hydrogens (tertiary/aromatic N) is 2. The lowest BCUT2D eigenvalue weighted by Gasteiger charge is -2.16. The van der Waals surface area contributed by atoms with Crippen LogP contribution in [0.2, 0.25) is 0 Å². The van der Waals surface area contributed by atoms with E-state index in [9.17, 15) is 5.11 Å². The van der Waals surface area contributed by atoms with Crippen LogP contribution in [-0.2, 0) is 13.0 Å². The topological polar surface area (TPSA) is 36.4 Å². The summed E-state index contributed by atoms with van der Waals surface area (Å²) in [5, 5.41) is 10.5. The highest BCUT2D eigenvalue weighted by atomic mass is 32.1. The molecule has 1 aromatic rings. The third-order valence-electron chi connectivity index (χ3n) is 3.00. The van der Waals surface area contributed by atoms with E-state index in [4.69, 9.17) is 0 Å². The SMILES string of the molecule is CCN(CC)CCc1nc(C(C)C)c(CO)s1. The summed E-state index contributed by atoms with van der Waals surface area (Å²) in [7, 11) is 0. The smallest absolute Gasteiger partial charge is 0.0944 e. The van der Waals surface area contributed by atoms with Crippen molar-refractivity contribution in [1.82, 2.24) is 9.88 Å². The first kappa shape index (κ1) is 14.6. The van der Waals surface area contributed by atoms with Gasteiger partial charge in [-0.1, -0.05) is 27.7 Å². The first-order valence-corrected chi connectivity index (χ1v) is 7.25. The molecule has 0 saturated carbocycles. The summed E-state index contributed by atoms with van der Waals surface area (Å²) < 4.78 is 0. The van der Waals surface area contributed by atoms with Crippen LogP contribution in [0.25, 0.3) is 0 Å². The number of aliphatic hydroxyl groups is 1. The Morgan fingerprint density at radius 1 is 1.29 bits per heavy atom. The van der Waals surface area contributed by atoms with Crippen molar-refractivity contribution in [2.24, 2.45) is 0 Å². The van der Waals surface area contributed by atoms with Crippen molar-refractivity contribution in [3.8, 4) is 0 Å². The molecular weight excluding hydrogens is 232 g/mol. The van der Waals surface area contributed by atoms with Gasteiger partial charge in [0.1, 0.15) is 0 Å². The highest BCUT2D eigenvalue weighted by Gasteiger charge is 2.13. The molecule has 0 aliphatic heterocycles. The second-order valence-corrected chi connectivity index (χ2v) is 5.67. The predicted molar refractivity (Wildman–Crippen MR) is 73.6 cm³/mol. The van der Waals surface area contributed by atoms with Gasteiger partial charge in [0.25, 0.3) is 0 Å². The summed E-state index contributed by atoms with van der Waals surface area (Å²) in [6.45, 7) is 12.0. The standard InChI is InChI=1S/C13H24N2OS/c1-5-15(6-2)8-7-12-14-13(10(3)4)11(9-16)17-12/h10,16H,5-9H2,1-4H3. The van der Waals surface area contributed by atoms with Crippen molar-refractivity contribution < 1.29 is 5.11 Å². The van der Waals surface area contributed by atoms with Crippen LogP contribution >= 0.6 is 11.3 Å². The minimum atomic E-state index is 0.121. The Bertz CT molecular complexity index is 332. The Balaban J connectivity index is 2.66. The third kappa shape index (κ3) is 4.05. The van der Waals surface area contributed by atoms with Gasteiger partial charge in [-0.05, 0) is 19.0 Å². The highest BCUT2D eigenvalue weighted by Crippen LogP contribution is 2.25. The molecule has 0 aromatic carbocycles. The Hall–Kier alpha value is -0.450. The van der Waals surface area contributed by atoms with Gasteiger partial charge in [-0.25, -0.2) is 4.98 Å². The van der Waals surface area contributed by atoms with Crippen molar-refractivity contribution >= 4 is 11.3 Å². The minimum Gasteiger partial charge on any atom is -0.391 e. The summed E-state index contributed by atoms with van der Waals surface area (Å²) in [6, 6.07) is 0. The van der Waals surface area contributed by atoms with Crippen molar-refractivity contribution in [2.75, 3.05) is 19.6 Å². The number of rotatable bonds is 7. The molecule has 1 aromatic heterocycles. The minimum absolute atomic E-state index is 0.121. The lowest BCUT2D eigenvalue weighted by Crippen LogP contribution is -2.25. The molecule has 0 spiro atoms. The second kappa shape index (κ2) is 7.09. The van der Waals surface area contributed by atoms with Gasteiger partial charge in [-0.3, -0.25) is 0 Å². The van der Waals surface area contributed by atoms with Crippen LogP contribution in [0.3, 0.4) is 0 Å². The molecule has 0 bridgehead atoms. The van der Waals surface area contributed by atoms with Crippen LogP contribution in [0.4, 0.5) is 0 Å². The Morgan fingerprint density at radius 3 is 2.35 bits per heavy atom. The molecule has 1 rings (SSSR count). The molecule has 1 N–H and O–H groups in total. The van der Waals surface area contributed by atoms with Crippen LogP contribution in [0.15, 0.2) is 0 Å². The lowest BCUT2D eigenvalue weighted by molar-refractivity contribution is 0.283. The first-order chi connectivity index (χ1) is 8.12. The van der Waals surface area contributed by atoms with Gasteiger partial charge in [0, 0.05) is 13.0 Å². The van der Waals surface area contributed by atoms with Crippen molar-refractivity contribution in [3.63, 3.8) is 0 Å². The van der Waals surface area contributed by atoms with Gasteiger partial charge < -0.3 is 10.0 Å². The lowest BCUT2D eigenvalue weighted by atomic mass is 10.1. The van der Waals surface area contributed by atoms with E-state index in [1.165, 1.54) is 0 Å².